The van der Waals surface area contributed by atoms with Crippen molar-refractivity contribution < 1.29 is 9.32 Å². The Balaban J connectivity index is 1.87. The predicted molar refractivity (Wildman–Crippen MR) is 82.9 cm³/mol. The summed E-state index contributed by atoms with van der Waals surface area (Å²) in [5.41, 5.74) is 0.941. The quantitative estimate of drug-likeness (QED) is 0.799. The van der Waals surface area contributed by atoms with Crippen molar-refractivity contribution in [2.24, 2.45) is 0 Å². The Kier molecular flexibility index (Phi) is 3.76. The zero-order valence-corrected chi connectivity index (χ0v) is 13.2. The number of thiophene rings is 1. The number of hydrogen-bond acceptors (Lipinski definition) is 6. The molecule has 1 amide bonds. The summed E-state index contributed by atoms with van der Waals surface area (Å²) in [4.78, 5) is 17.5. The van der Waals surface area contributed by atoms with E-state index in [2.05, 4.69) is 20.6 Å². The van der Waals surface area contributed by atoms with Crippen LogP contribution in [0.5, 0.6) is 0 Å². The number of rotatable bonds is 4. The van der Waals surface area contributed by atoms with Gasteiger partial charge in [-0.3, -0.25) is 10.1 Å². The maximum absolute atomic E-state index is 12.5. The second kappa shape index (κ2) is 5.72. The average Bonchev–Trinajstić information content (AvgIpc) is 3.16. The van der Waals surface area contributed by atoms with E-state index in [9.17, 15) is 4.79 Å². The molecule has 8 heteroatoms. The summed E-state index contributed by atoms with van der Waals surface area (Å²) < 4.78 is 6.85. The smallest absolute Gasteiger partial charge is 0.263 e. The minimum Gasteiger partial charge on any atom is -0.360 e. The molecule has 0 saturated carbocycles. The van der Waals surface area contributed by atoms with Crippen molar-refractivity contribution >= 4 is 23.2 Å². The van der Waals surface area contributed by atoms with Crippen LogP contribution in [0.1, 0.15) is 36.0 Å². The topological polar surface area (TPSA) is 85.8 Å². The molecule has 0 fully saturated rings. The highest BCUT2D eigenvalue weighted by molar-refractivity contribution is 7.13. The zero-order chi connectivity index (χ0) is 15.7. The van der Waals surface area contributed by atoms with Gasteiger partial charge in [0.25, 0.3) is 5.91 Å². The van der Waals surface area contributed by atoms with Crippen LogP contribution >= 0.6 is 11.3 Å². The highest BCUT2D eigenvalue weighted by Gasteiger charge is 2.23. The number of aromatic nitrogens is 4. The Bertz CT molecular complexity index is 788. The summed E-state index contributed by atoms with van der Waals surface area (Å²) in [6, 6.07) is 3.97. The summed E-state index contributed by atoms with van der Waals surface area (Å²) >= 11 is 1.50. The fourth-order valence-corrected chi connectivity index (χ4v) is 2.68. The standard InChI is InChI=1S/C14H15N5O2S/c1-8(2)19-7-15-14(17-19)16-13(20)11-9(3)21-18-12(11)10-5-4-6-22-10/h4-8H,1-3H3,(H,16,17,20). The van der Waals surface area contributed by atoms with Crippen LogP contribution in [-0.2, 0) is 0 Å². The fourth-order valence-electron chi connectivity index (χ4n) is 1.97. The number of nitrogens with zero attached hydrogens (tertiary/aromatic N) is 4. The van der Waals surface area contributed by atoms with Crippen molar-refractivity contribution in [3.05, 3.63) is 35.2 Å². The monoisotopic (exact) mass is 317 g/mol. The van der Waals surface area contributed by atoms with Gasteiger partial charge >= 0.3 is 0 Å². The predicted octanol–water partition coefficient (Wildman–Crippen LogP) is 3.14. The number of hydrogen-bond donors (Lipinski definition) is 1. The number of carbonyl (C=O) groups is 1. The Hall–Kier alpha value is -2.48. The summed E-state index contributed by atoms with van der Waals surface area (Å²) in [5, 5.41) is 12.8. The normalized spacial score (nSPS) is 11.1. The lowest BCUT2D eigenvalue weighted by molar-refractivity contribution is 0.102. The first-order chi connectivity index (χ1) is 10.6. The van der Waals surface area contributed by atoms with Crippen molar-refractivity contribution in [3.8, 4) is 10.6 Å². The van der Waals surface area contributed by atoms with Crippen molar-refractivity contribution in [3.63, 3.8) is 0 Å². The largest absolute Gasteiger partial charge is 0.360 e. The molecule has 0 aromatic carbocycles. The van der Waals surface area contributed by atoms with E-state index < -0.39 is 0 Å². The van der Waals surface area contributed by atoms with Gasteiger partial charge < -0.3 is 4.52 Å². The molecule has 1 N–H and O–H groups in total. The van der Waals surface area contributed by atoms with Crippen LogP contribution in [0.2, 0.25) is 0 Å². The molecule has 3 aromatic rings. The molecule has 0 aliphatic rings. The summed E-state index contributed by atoms with van der Waals surface area (Å²) in [7, 11) is 0. The van der Waals surface area contributed by atoms with Crippen LogP contribution in [0.15, 0.2) is 28.4 Å². The summed E-state index contributed by atoms with van der Waals surface area (Å²) in [6.07, 6.45) is 1.58. The molecule has 0 bridgehead atoms. The highest BCUT2D eigenvalue weighted by Crippen LogP contribution is 2.29. The molecular formula is C14H15N5O2S. The lowest BCUT2D eigenvalue weighted by atomic mass is 10.1. The Labute approximate surface area is 131 Å². The molecule has 0 saturated heterocycles. The molecule has 3 heterocycles. The van der Waals surface area contributed by atoms with E-state index in [1.165, 1.54) is 11.3 Å². The maximum Gasteiger partial charge on any atom is 0.263 e. The van der Waals surface area contributed by atoms with Gasteiger partial charge in [-0.1, -0.05) is 11.2 Å². The third-order valence-corrected chi connectivity index (χ3v) is 3.98. The third-order valence-electron chi connectivity index (χ3n) is 3.11. The van der Waals surface area contributed by atoms with E-state index in [4.69, 9.17) is 4.52 Å². The minimum atomic E-state index is -0.330. The molecule has 0 atom stereocenters. The molecule has 0 aliphatic carbocycles. The molecule has 22 heavy (non-hydrogen) atoms. The SMILES string of the molecule is Cc1onc(-c2cccs2)c1C(=O)Nc1ncn(C(C)C)n1. The number of nitrogens with one attached hydrogen (secondary N) is 1. The van der Waals surface area contributed by atoms with E-state index in [0.29, 0.717) is 17.0 Å². The molecule has 0 radical (unpaired) electrons. The molecular weight excluding hydrogens is 302 g/mol. The molecule has 7 nitrogen and oxygen atoms in total. The van der Waals surface area contributed by atoms with Crippen molar-refractivity contribution in [1.29, 1.82) is 0 Å². The van der Waals surface area contributed by atoms with E-state index in [0.717, 1.165) is 4.88 Å². The van der Waals surface area contributed by atoms with Gasteiger partial charge in [-0.2, -0.15) is 0 Å². The molecule has 3 aromatic heterocycles. The van der Waals surface area contributed by atoms with Crippen LogP contribution in [0.4, 0.5) is 5.95 Å². The second-order valence-corrected chi connectivity index (χ2v) is 5.98. The van der Waals surface area contributed by atoms with Gasteiger partial charge in [0.15, 0.2) is 0 Å². The van der Waals surface area contributed by atoms with Gasteiger partial charge in [0, 0.05) is 6.04 Å². The first-order valence-electron chi connectivity index (χ1n) is 6.79. The van der Waals surface area contributed by atoms with E-state index in [1.807, 2.05) is 31.4 Å². The van der Waals surface area contributed by atoms with Gasteiger partial charge in [0.05, 0.1) is 4.88 Å². The van der Waals surface area contributed by atoms with Crippen LogP contribution in [0.3, 0.4) is 0 Å². The molecule has 0 spiro atoms. The number of carbonyl (C=O) groups excluding carboxylic acids is 1. The van der Waals surface area contributed by atoms with E-state index in [1.54, 1.807) is 17.9 Å². The zero-order valence-electron chi connectivity index (χ0n) is 12.4. The Morgan fingerprint density at radius 2 is 2.27 bits per heavy atom. The van der Waals surface area contributed by atoms with Crippen molar-refractivity contribution in [2.75, 3.05) is 5.32 Å². The number of amides is 1. The lowest BCUT2D eigenvalue weighted by Gasteiger charge is -2.03. The third kappa shape index (κ3) is 2.64. The second-order valence-electron chi connectivity index (χ2n) is 5.04. The van der Waals surface area contributed by atoms with Gasteiger partial charge in [0.1, 0.15) is 23.3 Å². The van der Waals surface area contributed by atoms with E-state index in [-0.39, 0.29) is 17.9 Å². The number of aryl methyl sites for hydroxylation is 1. The lowest BCUT2D eigenvalue weighted by Crippen LogP contribution is -2.15. The summed E-state index contributed by atoms with van der Waals surface area (Å²) in [6.45, 7) is 5.68. The maximum atomic E-state index is 12.5. The number of anilines is 1. The Morgan fingerprint density at radius 1 is 1.45 bits per heavy atom. The molecule has 0 unspecified atom stereocenters. The minimum absolute atomic E-state index is 0.178. The van der Waals surface area contributed by atoms with Crippen LogP contribution in [-0.4, -0.2) is 25.8 Å². The van der Waals surface area contributed by atoms with E-state index >= 15 is 0 Å². The van der Waals surface area contributed by atoms with Gasteiger partial charge in [-0.25, -0.2) is 9.67 Å². The molecule has 0 aliphatic heterocycles. The van der Waals surface area contributed by atoms with Crippen molar-refractivity contribution in [2.45, 2.75) is 26.8 Å². The highest BCUT2D eigenvalue weighted by atomic mass is 32.1. The molecule has 114 valence electrons. The van der Waals surface area contributed by atoms with Crippen molar-refractivity contribution in [1.82, 2.24) is 19.9 Å². The van der Waals surface area contributed by atoms with Crippen LogP contribution < -0.4 is 5.32 Å². The summed E-state index contributed by atoms with van der Waals surface area (Å²) in [5.74, 6) is 0.393. The first kappa shape index (κ1) is 14.5. The van der Waals surface area contributed by atoms with Crippen LogP contribution in [0.25, 0.3) is 10.6 Å². The molecule has 3 rings (SSSR count). The van der Waals surface area contributed by atoms with Gasteiger partial charge in [-0.15, -0.1) is 16.4 Å². The first-order valence-corrected chi connectivity index (χ1v) is 7.67. The van der Waals surface area contributed by atoms with Gasteiger partial charge in [-0.05, 0) is 32.2 Å². The average molecular weight is 317 g/mol. The fraction of sp³-hybridized carbons (Fsp3) is 0.286. The Morgan fingerprint density at radius 3 is 2.91 bits per heavy atom. The van der Waals surface area contributed by atoms with Crippen LogP contribution in [0, 0.1) is 6.92 Å². The van der Waals surface area contributed by atoms with Gasteiger partial charge in [0.2, 0.25) is 5.95 Å².